The van der Waals surface area contributed by atoms with Gasteiger partial charge in [-0.3, -0.25) is 0 Å². The number of nitrogens with two attached hydrogens (primary N) is 1. The second-order valence-corrected chi connectivity index (χ2v) is 10.3. The van der Waals surface area contributed by atoms with Crippen LogP contribution in [0, 0.1) is 11.2 Å². The van der Waals surface area contributed by atoms with Crippen molar-refractivity contribution in [1.82, 2.24) is 14.9 Å². The summed E-state index contributed by atoms with van der Waals surface area (Å²) in [7, 11) is 5.63. The van der Waals surface area contributed by atoms with Crippen LogP contribution in [0.25, 0.3) is 10.9 Å². The third-order valence-corrected chi connectivity index (χ3v) is 7.32. The number of aromatic nitrogens is 2. The molecule has 1 aromatic heterocycles. The van der Waals surface area contributed by atoms with Gasteiger partial charge < -0.3 is 25.4 Å². The fourth-order valence-corrected chi connectivity index (χ4v) is 5.17. The number of alkyl halides is 3. The first-order valence-electron chi connectivity index (χ1n) is 12.4. The van der Waals surface area contributed by atoms with Crippen LogP contribution in [0.4, 0.5) is 29.1 Å². The van der Waals surface area contributed by atoms with Crippen molar-refractivity contribution in [3.05, 3.63) is 47.5 Å². The number of halogens is 4. The van der Waals surface area contributed by atoms with E-state index in [2.05, 4.69) is 27.1 Å². The molecule has 0 spiro atoms. The van der Waals surface area contributed by atoms with Crippen LogP contribution in [-0.2, 0) is 6.18 Å². The number of anilines is 2. The molecule has 0 amide bonds. The topological polar surface area (TPSA) is 85.5 Å². The van der Waals surface area contributed by atoms with Crippen molar-refractivity contribution in [1.29, 1.82) is 0 Å². The van der Waals surface area contributed by atoms with E-state index in [1.807, 2.05) is 14.1 Å². The molecule has 0 unspecified atom stereocenters. The summed E-state index contributed by atoms with van der Waals surface area (Å²) in [6, 6.07) is 4.36. The minimum Gasteiger partial charge on any atom is -0.493 e. The Morgan fingerprint density at radius 2 is 1.82 bits per heavy atom. The number of nitrogen functional groups attached to an aromatic ring is 1. The molecule has 7 nitrogen and oxygen atoms in total. The molecule has 1 fully saturated rings. The van der Waals surface area contributed by atoms with Gasteiger partial charge in [0.1, 0.15) is 24.1 Å². The molecule has 11 heteroatoms. The molecule has 2 aromatic carbocycles. The largest absolute Gasteiger partial charge is 0.493 e. The van der Waals surface area contributed by atoms with Crippen LogP contribution < -0.4 is 20.5 Å². The second kappa shape index (κ2) is 10.4. The Kier molecular flexibility index (Phi) is 7.60. The maximum Gasteiger partial charge on any atom is 0.419 e. The van der Waals surface area contributed by atoms with E-state index in [0.29, 0.717) is 34.3 Å². The summed E-state index contributed by atoms with van der Waals surface area (Å²) in [4.78, 5) is 10.8. The van der Waals surface area contributed by atoms with Crippen LogP contribution in [0.15, 0.2) is 30.6 Å². The van der Waals surface area contributed by atoms with E-state index in [-0.39, 0.29) is 22.8 Å². The van der Waals surface area contributed by atoms with Crippen LogP contribution in [-0.4, -0.2) is 48.7 Å². The number of hydrogen-bond donors (Lipinski definition) is 2. The van der Waals surface area contributed by atoms with Crippen LogP contribution in [0.2, 0.25) is 0 Å². The minimum absolute atomic E-state index is 0.0210. The zero-order valence-corrected chi connectivity index (χ0v) is 22.1. The molecule has 1 saturated carbocycles. The first kappa shape index (κ1) is 27.7. The summed E-state index contributed by atoms with van der Waals surface area (Å²) in [5.41, 5.74) is 4.40. The molecule has 1 aliphatic carbocycles. The Bertz CT molecular complexity index is 1310. The van der Waals surface area contributed by atoms with E-state index in [1.165, 1.54) is 19.3 Å². The van der Waals surface area contributed by atoms with E-state index in [1.54, 1.807) is 19.2 Å². The lowest BCUT2D eigenvalue weighted by atomic mass is 9.65. The first-order chi connectivity index (χ1) is 17.8. The van der Waals surface area contributed by atoms with Crippen LogP contribution in [0.5, 0.6) is 11.5 Å². The van der Waals surface area contributed by atoms with E-state index in [4.69, 9.17) is 15.2 Å². The molecule has 0 radical (unpaired) electrons. The highest BCUT2D eigenvalue weighted by Crippen LogP contribution is 2.47. The Labute approximate surface area is 219 Å². The van der Waals surface area contributed by atoms with E-state index < -0.39 is 23.6 Å². The number of rotatable bonds is 9. The number of benzene rings is 2. The van der Waals surface area contributed by atoms with Crippen molar-refractivity contribution in [2.75, 3.05) is 38.8 Å². The molecular formula is C27H33F4N5O2. The van der Waals surface area contributed by atoms with Gasteiger partial charge in [0.15, 0.2) is 11.5 Å². The van der Waals surface area contributed by atoms with Crippen molar-refractivity contribution in [3.8, 4) is 11.5 Å². The molecular weight excluding hydrogens is 502 g/mol. The van der Waals surface area contributed by atoms with Crippen LogP contribution in [0.1, 0.15) is 50.3 Å². The molecule has 0 aliphatic heterocycles. The molecule has 1 aliphatic rings. The standard InChI is InChI=1S/C27H33F4N5O2/c1-15(18-9-17(32)10-20(24(18)28)27(29,30)31)35-25-19-11-23(22(37-5)12-21(19)33-14-34-25)38-16(2)26(7-6-8-26)13-36(3)4/h9-12,14-16H,6-8,13,32H2,1-5H3,(H,33,34,35)/t15-,16-/m1/s1. The predicted octanol–water partition coefficient (Wildman–Crippen LogP) is 6.05. The third kappa shape index (κ3) is 5.43. The van der Waals surface area contributed by atoms with E-state index >= 15 is 0 Å². The number of nitrogens with one attached hydrogen (secondary N) is 1. The van der Waals surface area contributed by atoms with Gasteiger partial charge in [-0.15, -0.1) is 0 Å². The zero-order chi connectivity index (χ0) is 27.8. The van der Waals surface area contributed by atoms with E-state index in [0.717, 1.165) is 25.8 Å². The summed E-state index contributed by atoms with van der Waals surface area (Å²) >= 11 is 0. The van der Waals surface area contributed by atoms with Crippen molar-refractivity contribution in [2.24, 2.45) is 5.41 Å². The zero-order valence-electron chi connectivity index (χ0n) is 22.1. The van der Waals surface area contributed by atoms with Crippen LogP contribution >= 0.6 is 0 Å². The second-order valence-electron chi connectivity index (χ2n) is 10.3. The summed E-state index contributed by atoms with van der Waals surface area (Å²) in [6.07, 6.45) is -0.404. The molecule has 206 valence electrons. The normalized spacial score (nSPS) is 16.7. The maximum absolute atomic E-state index is 14.9. The van der Waals surface area contributed by atoms with Crippen molar-refractivity contribution in [2.45, 2.75) is 51.4 Å². The summed E-state index contributed by atoms with van der Waals surface area (Å²) in [6.45, 7) is 4.48. The monoisotopic (exact) mass is 535 g/mol. The quantitative estimate of drug-likeness (QED) is 0.255. The van der Waals surface area contributed by atoms with Crippen molar-refractivity contribution < 1.29 is 27.0 Å². The lowest BCUT2D eigenvalue weighted by Crippen LogP contribution is -2.49. The fraction of sp³-hybridized carbons (Fsp3) is 0.481. The minimum atomic E-state index is -4.88. The number of ether oxygens (including phenoxy) is 2. The van der Waals surface area contributed by atoms with Gasteiger partial charge in [-0.25, -0.2) is 14.4 Å². The van der Waals surface area contributed by atoms with Gasteiger partial charge in [-0.1, -0.05) is 6.42 Å². The van der Waals surface area contributed by atoms with Gasteiger partial charge in [0, 0.05) is 34.7 Å². The smallest absolute Gasteiger partial charge is 0.419 e. The Hall–Kier alpha value is -3.34. The average Bonchev–Trinajstić information content (AvgIpc) is 2.81. The maximum atomic E-state index is 14.9. The predicted molar refractivity (Wildman–Crippen MR) is 139 cm³/mol. The lowest BCUT2D eigenvalue weighted by Gasteiger charge is -2.47. The molecule has 0 bridgehead atoms. The van der Waals surface area contributed by atoms with Crippen molar-refractivity contribution >= 4 is 22.4 Å². The van der Waals surface area contributed by atoms with Crippen LogP contribution in [0.3, 0.4) is 0 Å². The molecule has 3 N–H and O–H groups in total. The summed E-state index contributed by atoms with van der Waals surface area (Å²) in [5.74, 6) is -0.0726. The van der Waals surface area contributed by atoms with Gasteiger partial charge in [-0.2, -0.15) is 13.2 Å². The molecule has 0 saturated heterocycles. The molecule has 38 heavy (non-hydrogen) atoms. The van der Waals surface area contributed by atoms with Gasteiger partial charge in [-0.05, 0) is 59.0 Å². The highest BCUT2D eigenvalue weighted by Gasteiger charge is 2.44. The Morgan fingerprint density at radius 3 is 2.39 bits per heavy atom. The summed E-state index contributed by atoms with van der Waals surface area (Å²) < 4.78 is 66.9. The number of nitrogens with zero attached hydrogens (tertiary/aromatic N) is 3. The SMILES string of the molecule is COc1cc2ncnc(N[C@H](C)c3cc(N)cc(C(F)(F)F)c3F)c2cc1O[C@H](C)C1(CN(C)C)CCC1. The lowest BCUT2D eigenvalue weighted by molar-refractivity contribution is -0.140. The Balaban J connectivity index is 1.69. The molecule has 2 atom stereocenters. The van der Waals surface area contributed by atoms with Crippen molar-refractivity contribution in [3.63, 3.8) is 0 Å². The number of fused-ring (bicyclic) bond motifs is 1. The van der Waals surface area contributed by atoms with Gasteiger partial charge >= 0.3 is 6.18 Å². The van der Waals surface area contributed by atoms with Gasteiger partial charge in [0.25, 0.3) is 0 Å². The average molecular weight is 536 g/mol. The molecule has 3 aromatic rings. The Morgan fingerprint density at radius 1 is 1.11 bits per heavy atom. The number of methoxy groups -OCH3 is 1. The first-order valence-corrected chi connectivity index (χ1v) is 12.4. The summed E-state index contributed by atoms with van der Waals surface area (Å²) in [5, 5.41) is 3.58. The molecule has 1 heterocycles. The number of hydrogen-bond acceptors (Lipinski definition) is 7. The van der Waals surface area contributed by atoms with E-state index in [9.17, 15) is 17.6 Å². The highest BCUT2D eigenvalue weighted by molar-refractivity contribution is 5.91. The molecule has 4 rings (SSSR count). The van der Waals surface area contributed by atoms with Gasteiger partial charge in [0.05, 0.1) is 24.2 Å². The highest BCUT2D eigenvalue weighted by atomic mass is 19.4. The van der Waals surface area contributed by atoms with Gasteiger partial charge in [0.2, 0.25) is 0 Å². The third-order valence-electron chi connectivity index (χ3n) is 7.32. The fourth-order valence-electron chi connectivity index (χ4n) is 5.17.